The molecule has 1 unspecified atom stereocenters. The number of nitrogens with zero attached hydrogens (tertiary/aromatic N) is 2. The number of carbonyl (C=O) groups excluding carboxylic acids is 2. The number of ether oxygens (including phenoxy) is 1. The van der Waals surface area contributed by atoms with E-state index in [2.05, 4.69) is 15.9 Å². The van der Waals surface area contributed by atoms with Crippen LogP contribution in [-0.2, 0) is 4.79 Å². The molecule has 2 aromatic rings. The fraction of sp³-hybridized carbons (Fsp3) is 0.263. The second-order valence-corrected chi connectivity index (χ2v) is 6.88. The Morgan fingerprint density at radius 2 is 1.84 bits per heavy atom. The van der Waals surface area contributed by atoms with Gasteiger partial charge in [0, 0.05) is 10.2 Å². The Morgan fingerprint density at radius 3 is 2.52 bits per heavy atom. The Hall–Kier alpha value is -2.34. The number of imide groups is 1. The van der Waals surface area contributed by atoms with E-state index < -0.39 is 6.04 Å². The predicted molar refractivity (Wildman–Crippen MR) is 99.9 cm³/mol. The summed E-state index contributed by atoms with van der Waals surface area (Å²) >= 11 is 3.38. The van der Waals surface area contributed by atoms with E-state index in [1.807, 2.05) is 55.5 Å². The van der Waals surface area contributed by atoms with Crippen LogP contribution in [0.3, 0.4) is 0 Å². The maximum absolute atomic E-state index is 12.7. The first-order valence-corrected chi connectivity index (χ1v) is 8.86. The average Bonchev–Trinajstić information content (AvgIpc) is 2.79. The molecule has 0 spiro atoms. The Labute approximate surface area is 155 Å². The third-order valence-corrected chi connectivity index (χ3v) is 4.63. The zero-order valence-electron chi connectivity index (χ0n) is 14.1. The number of rotatable bonds is 5. The fourth-order valence-corrected chi connectivity index (χ4v) is 3.16. The molecule has 0 N–H and O–H groups in total. The van der Waals surface area contributed by atoms with Crippen molar-refractivity contribution in [2.45, 2.75) is 19.9 Å². The summed E-state index contributed by atoms with van der Waals surface area (Å²) < 4.78 is 6.56. The number of urea groups is 1. The van der Waals surface area contributed by atoms with E-state index in [-0.39, 0.29) is 25.1 Å². The van der Waals surface area contributed by atoms with Gasteiger partial charge in [-0.1, -0.05) is 39.7 Å². The van der Waals surface area contributed by atoms with Gasteiger partial charge in [0.2, 0.25) is 0 Å². The minimum atomic E-state index is -0.513. The van der Waals surface area contributed by atoms with Crippen LogP contribution in [0.4, 0.5) is 10.5 Å². The molecule has 3 amide bonds. The second kappa shape index (κ2) is 7.27. The van der Waals surface area contributed by atoms with Gasteiger partial charge in [0.15, 0.2) is 0 Å². The second-order valence-electron chi connectivity index (χ2n) is 5.96. The van der Waals surface area contributed by atoms with Crippen LogP contribution >= 0.6 is 15.9 Å². The van der Waals surface area contributed by atoms with Crippen LogP contribution < -0.4 is 9.64 Å². The molecule has 0 bridgehead atoms. The lowest BCUT2D eigenvalue weighted by Gasteiger charge is -2.19. The van der Waals surface area contributed by atoms with E-state index in [1.54, 1.807) is 6.92 Å². The summed E-state index contributed by atoms with van der Waals surface area (Å²) in [5.74, 6) is 0.486. The normalized spacial score (nSPS) is 17.3. The zero-order chi connectivity index (χ0) is 18.0. The topological polar surface area (TPSA) is 49.9 Å². The maximum atomic E-state index is 12.7. The van der Waals surface area contributed by atoms with Gasteiger partial charge in [0.05, 0.1) is 6.54 Å². The highest BCUT2D eigenvalue weighted by atomic mass is 79.9. The lowest BCUT2D eigenvalue weighted by atomic mass is 10.2. The molecule has 1 aliphatic rings. The van der Waals surface area contributed by atoms with Crippen LogP contribution in [-0.4, -0.2) is 36.0 Å². The first-order valence-electron chi connectivity index (χ1n) is 8.07. The predicted octanol–water partition coefficient (Wildman–Crippen LogP) is 3.99. The summed E-state index contributed by atoms with van der Waals surface area (Å²) in [6.45, 7) is 4.20. The molecule has 0 saturated carbocycles. The zero-order valence-corrected chi connectivity index (χ0v) is 15.7. The van der Waals surface area contributed by atoms with Crippen LogP contribution in [0.1, 0.15) is 12.5 Å². The van der Waals surface area contributed by atoms with Crippen molar-refractivity contribution in [3.8, 4) is 5.75 Å². The van der Waals surface area contributed by atoms with Crippen LogP contribution in [0.2, 0.25) is 0 Å². The van der Waals surface area contributed by atoms with Crippen molar-refractivity contribution in [2.24, 2.45) is 0 Å². The van der Waals surface area contributed by atoms with Crippen LogP contribution in [0, 0.1) is 6.92 Å². The van der Waals surface area contributed by atoms with Gasteiger partial charge in [-0.3, -0.25) is 14.6 Å². The van der Waals surface area contributed by atoms with Gasteiger partial charge < -0.3 is 4.74 Å². The number of anilines is 1. The van der Waals surface area contributed by atoms with Gasteiger partial charge in [0.25, 0.3) is 5.91 Å². The highest BCUT2D eigenvalue weighted by Gasteiger charge is 2.43. The summed E-state index contributed by atoms with van der Waals surface area (Å²) in [6, 6.07) is 14.2. The lowest BCUT2D eigenvalue weighted by molar-refractivity contribution is -0.127. The minimum absolute atomic E-state index is 0.205. The maximum Gasteiger partial charge on any atom is 0.332 e. The first-order chi connectivity index (χ1) is 12.0. The molecule has 130 valence electrons. The summed E-state index contributed by atoms with van der Waals surface area (Å²) in [7, 11) is 0. The third-order valence-electron chi connectivity index (χ3n) is 4.14. The molecule has 0 aromatic heterocycles. The van der Waals surface area contributed by atoms with E-state index in [9.17, 15) is 9.59 Å². The number of hydrogen-bond donors (Lipinski definition) is 0. The van der Waals surface area contributed by atoms with Crippen LogP contribution in [0.15, 0.2) is 53.0 Å². The highest BCUT2D eigenvalue weighted by Crippen LogP contribution is 2.26. The molecule has 1 heterocycles. The van der Waals surface area contributed by atoms with Crippen molar-refractivity contribution >= 4 is 33.6 Å². The Bertz CT molecular complexity index is 792. The number of amides is 3. The molecular weight excluding hydrogens is 384 g/mol. The minimum Gasteiger partial charge on any atom is -0.492 e. The molecule has 5 nitrogen and oxygen atoms in total. The molecular formula is C19H19BrN2O3. The molecule has 1 atom stereocenters. The van der Waals surface area contributed by atoms with Gasteiger partial charge in [-0.15, -0.1) is 0 Å². The molecule has 3 rings (SSSR count). The standard InChI is InChI=1S/C19H19BrN2O3/c1-13-6-8-16(9-7-13)22-14(2)18(23)21(19(22)24)10-11-25-17-5-3-4-15(20)12-17/h3-9,12,14H,10-11H2,1-2H3. The lowest BCUT2D eigenvalue weighted by Crippen LogP contribution is -2.36. The SMILES string of the molecule is Cc1ccc(N2C(=O)N(CCOc3cccc(Br)c3)C(=O)C2C)cc1. The van der Waals surface area contributed by atoms with Gasteiger partial charge in [0.1, 0.15) is 18.4 Å². The molecule has 1 saturated heterocycles. The number of aryl methyl sites for hydroxylation is 1. The summed E-state index contributed by atoms with van der Waals surface area (Å²) in [5, 5.41) is 0. The van der Waals surface area contributed by atoms with Gasteiger partial charge >= 0.3 is 6.03 Å². The fourth-order valence-electron chi connectivity index (χ4n) is 2.78. The summed E-state index contributed by atoms with van der Waals surface area (Å²) in [6.07, 6.45) is 0. The largest absolute Gasteiger partial charge is 0.492 e. The first kappa shape index (κ1) is 17.5. The molecule has 6 heteroatoms. The molecule has 0 aliphatic carbocycles. The quantitative estimate of drug-likeness (QED) is 0.710. The van der Waals surface area contributed by atoms with E-state index in [0.29, 0.717) is 5.75 Å². The highest BCUT2D eigenvalue weighted by molar-refractivity contribution is 9.10. The Balaban J connectivity index is 1.67. The van der Waals surface area contributed by atoms with Crippen molar-refractivity contribution in [1.82, 2.24) is 4.90 Å². The number of halogens is 1. The third kappa shape index (κ3) is 3.69. The average molecular weight is 403 g/mol. The van der Waals surface area contributed by atoms with Gasteiger partial charge in [-0.2, -0.15) is 0 Å². The van der Waals surface area contributed by atoms with E-state index in [4.69, 9.17) is 4.74 Å². The molecule has 25 heavy (non-hydrogen) atoms. The molecule has 1 fully saturated rings. The van der Waals surface area contributed by atoms with Gasteiger partial charge in [-0.05, 0) is 44.2 Å². The van der Waals surface area contributed by atoms with Crippen molar-refractivity contribution in [3.63, 3.8) is 0 Å². The van der Waals surface area contributed by atoms with E-state index in [0.717, 1.165) is 15.7 Å². The van der Waals surface area contributed by atoms with Crippen molar-refractivity contribution in [1.29, 1.82) is 0 Å². The van der Waals surface area contributed by atoms with Crippen LogP contribution in [0.25, 0.3) is 0 Å². The molecule has 0 radical (unpaired) electrons. The van der Waals surface area contributed by atoms with Crippen molar-refractivity contribution in [2.75, 3.05) is 18.1 Å². The molecule has 1 aliphatic heterocycles. The number of benzene rings is 2. The van der Waals surface area contributed by atoms with Crippen LogP contribution in [0.5, 0.6) is 5.75 Å². The van der Waals surface area contributed by atoms with Crippen molar-refractivity contribution in [3.05, 3.63) is 58.6 Å². The molecule has 2 aromatic carbocycles. The number of carbonyl (C=O) groups is 2. The smallest absolute Gasteiger partial charge is 0.332 e. The monoisotopic (exact) mass is 402 g/mol. The Kier molecular flexibility index (Phi) is 5.08. The summed E-state index contributed by atoms with van der Waals surface area (Å²) in [4.78, 5) is 27.9. The number of hydrogen-bond acceptors (Lipinski definition) is 3. The Morgan fingerprint density at radius 1 is 1.12 bits per heavy atom. The van der Waals surface area contributed by atoms with Gasteiger partial charge in [-0.25, -0.2) is 4.79 Å². The van der Waals surface area contributed by atoms with E-state index >= 15 is 0 Å². The van der Waals surface area contributed by atoms with Crippen molar-refractivity contribution < 1.29 is 14.3 Å². The summed E-state index contributed by atoms with van der Waals surface area (Å²) in [5.41, 5.74) is 1.83. The van der Waals surface area contributed by atoms with E-state index in [1.165, 1.54) is 9.80 Å².